The summed E-state index contributed by atoms with van der Waals surface area (Å²) in [5.41, 5.74) is 0.324. The lowest BCUT2D eigenvalue weighted by molar-refractivity contribution is -0.0982. The summed E-state index contributed by atoms with van der Waals surface area (Å²) in [6.07, 6.45) is -0.0957. The number of rotatable bonds is 3. The number of methoxy groups -OCH3 is 2. The first-order valence-corrected chi connectivity index (χ1v) is 3.76. The highest BCUT2D eigenvalue weighted by Crippen LogP contribution is 2.06. The molecule has 0 aromatic carbocycles. The zero-order valence-corrected chi connectivity index (χ0v) is 7.68. The van der Waals surface area contributed by atoms with E-state index in [2.05, 4.69) is 6.92 Å². The first-order chi connectivity index (χ1) is 3.72. The Morgan fingerprint density at radius 3 is 1.75 bits per heavy atom. The molecule has 0 aliphatic carbocycles. The summed E-state index contributed by atoms with van der Waals surface area (Å²) < 4.78 is 9.82. The molecule has 2 nitrogen and oxygen atoms in total. The Kier molecular flexibility index (Phi) is 4.13. The van der Waals surface area contributed by atoms with Gasteiger partial charge in [0.2, 0.25) is 0 Å². The van der Waals surface area contributed by atoms with Gasteiger partial charge in [-0.05, 0) is 12.5 Å². The minimum atomic E-state index is -0.0957. The molecule has 1 unspecified atom stereocenters. The Morgan fingerprint density at radius 2 is 1.75 bits per heavy atom. The third-order valence-corrected chi connectivity index (χ3v) is 1.47. The van der Waals surface area contributed by atoms with Gasteiger partial charge in [0.15, 0.2) is 6.29 Å². The summed E-state index contributed by atoms with van der Waals surface area (Å²) in [6, 6.07) is 0. The molecule has 0 heterocycles. The third kappa shape index (κ3) is 2.45. The van der Waals surface area contributed by atoms with Crippen molar-refractivity contribution in [3.05, 3.63) is 6.92 Å². The maximum Gasteiger partial charge on any atom is 0.156 e. The fourth-order valence-corrected chi connectivity index (χ4v) is 1.11. The number of ether oxygens (including phenoxy) is 2. The molecular weight excluding hydrogens is 120 g/mol. The summed E-state index contributed by atoms with van der Waals surface area (Å²) >= 11 is 0. The normalized spacial score (nSPS) is 15.0. The van der Waals surface area contributed by atoms with Crippen molar-refractivity contribution in [2.24, 2.45) is 0 Å². The molecule has 3 heteroatoms. The average molecular weight is 133 g/mol. The lowest BCUT2D eigenvalue weighted by Crippen LogP contribution is -2.17. The lowest BCUT2D eigenvalue weighted by Gasteiger charge is -2.15. The molecule has 0 saturated heterocycles. The fraction of sp³-hybridized carbons (Fsp3) is 0.800. The van der Waals surface area contributed by atoms with Crippen molar-refractivity contribution in [2.45, 2.75) is 11.8 Å². The van der Waals surface area contributed by atoms with E-state index in [4.69, 9.17) is 9.47 Å². The van der Waals surface area contributed by atoms with E-state index < -0.39 is 0 Å². The maximum absolute atomic E-state index is 4.91. The minimum Gasteiger partial charge on any atom is -0.356 e. The Hall–Kier alpha value is 0.137. The van der Waals surface area contributed by atoms with Crippen molar-refractivity contribution in [3.63, 3.8) is 0 Å². The van der Waals surface area contributed by atoms with Crippen LogP contribution in [0.5, 0.6) is 0 Å². The Bertz CT molecular complexity index is 52.4. The standard InChI is InChI=1S/C5H13O2Si/c1-4(8)5(6-2)7-3/h4-5H,1H2,2-3,8H3. The van der Waals surface area contributed by atoms with Crippen molar-refractivity contribution < 1.29 is 9.47 Å². The van der Waals surface area contributed by atoms with Crippen LogP contribution in [0.15, 0.2) is 0 Å². The summed E-state index contributed by atoms with van der Waals surface area (Å²) in [7, 11) is 4.27. The van der Waals surface area contributed by atoms with Crippen molar-refractivity contribution in [1.29, 1.82) is 0 Å². The quantitative estimate of drug-likeness (QED) is 0.385. The molecule has 0 amide bonds. The topological polar surface area (TPSA) is 18.5 Å². The van der Waals surface area contributed by atoms with Crippen LogP contribution < -0.4 is 0 Å². The largest absolute Gasteiger partial charge is 0.356 e. The summed E-state index contributed by atoms with van der Waals surface area (Å²) in [5, 5.41) is 0. The van der Waals surface area contributed by atoms with Gasteiger partial charge in [0.05, 0.1) is 0 Å². The monoisotopic (exact) mass is 133 g/mol. The highest BCUT2D eigenvalue weighted by Gasteiger charge is 2.08. The van der Waals surface area contributed by atoms with Crippen molar-refractivity contribution in [1.82, 2.24) is 0 Å². The summed E-state index contributed by atoms with van der Waals surface area (Å²) in [4.78, 5) is 0. The molecule has 0 saturated carbocycles. The van der Waals surface area contributed by atoms with Gasteiger partial charge in [0, 0.05) is 24.5 Å². The van der Waals surface area contributed by atoms with E-state index in [1.54, 1.807) is 14.2 Å². The molecule has 0 N–H and O–H groups in total. The van der Waals surface area contributed by atoms with Crippen molar-refractivity contribution in [2.75, 3.05) is 14.2 Å². The van der Waals surface area contributed by atoms with Crippen LogP contribution in [0.4, 0.5) is 0 Å². The predicted octanol–water partition coefficient (Wildman–Crippen LogP) is -0.407. The SMILES string of the molecule is [CH2]C([SiH3])C(OC)OC. The molecule has 0 spiro atoms. The smallest absolute Gasteiger partial charge is 0.156 e. The zero-order valence-electron chi connectivity index (χ0n) is 5.68. The second-order valence-electron chi connectivity index (χ2n) is 1.82. The van der Waals surface area contributed by atoms with Crippen LogP contribution in [0.3, 0.4) is 0 Å². The Balaban J connectivity index is 3.35. The van der Waals surface area contributed by atoms with E-state index in [0.717, 1.165) is 10.2 Å². The summed E-state index contributed by atoms with van der Waals surface area (Å²) in [5.74, 6) is 0. The number of hydrogen-bond donors (Lipinski definition) is 0. The van der Waals surface area contributed by atoms with Crippen LogP contribution in [0.1, 0.15) is 0 Å². The second kappa shape index (κ2) is 4.06. The average Bonchev–Trinajstić information content (AvgIpc) is 1.69. The molecule has 1 radical (unpaired) electrons. The molecule has 0 aromatic rings. The molecule has 0 aliphatic heterocycles. The van der Waals surface area contributed by atoms with Crippen LogP contribution in [0.25, 0.3) is 0 Å². The second-order valence-corrected chi connectivity index (χ2v) is 3.30. The van der Waals surface area contributed by atoms with Gasteiger partial charge in [-0.1, -0.05) is 0 Å². The molecule has 1 atom stereocenters. The van der Waals surface area contributed by atoms with Crippen LogP contribution in [-0.2, 0) is 9.47 Å². The van der Waals surface area contributed by atoms with Gasteiger partial charge in [-0.15, -0.1) is 0 Å². The maximum atomic E-state index is 4.91. The van der Waals surface area contributed by atoms with Gasteiger partial charge in [0.1, 0.15) is 0 Å². The van der Waals surface area contributed by atoms with E-state index in [1.165, 1.54) is 0 Å². The molecule has 0 aliphatic rings. The van der Waals surface area contributed by atoms with Crippen molar-refractivity contribution >= 4 is 10.2 Å². The molecule has 8 heavy (non-hydrogen) atoms. The van der Waals surface area contributed by atoms with Gasteiger partial charge < -0.3 is 9.47 Å². The highest BCUT2D eigenvalue weighted by atomic mass is 28.1. The summed E-state index contributed by atoms with van der Waals surface area (Å²) in [6.45, 7) is 3.79. The van der Waals surface area contributed by atoms with E-state index >= 15 is 0 Å². The molecule has 0 rings (SSSR count). The lowest BCUT2D eigenvalue weighted by atomic mass is 10.4. The third-order valence-electron chi connectivity index (χ3n) is 0.929. The Morgan fingerprint density at radius 1 is 1.38 bits per heavy atom. The van der Waals surface area contributed by atoms with Gasteiger partial charge in [-0.3, -0.25) is 0 Å². The van der Waals surface area contributed by atoms with Crippen LogP contribution in [0, 0.1) is 6.92 Å². The highest BCUT2D eigenvalue weighted by molar-refractivity contribution is 6.12. The molecule has 0 bridgehead atoms. The fourth-order valence-electron chi connectivity index (χ4n) is 0.561. The first kappa shape index (κ1) is 8.14. The van der Waals surface area contributed by atoms with Gasteiger partial charge in [-0.25, -0.2) is 0 Å². The van der Waals surface area contributed by atoms with Gasteiger partial charge in [-0.2, -0.15) is 0 Å². The first-order valence-electron chi connectivity index (χ1n) is 2.61. The molecule has 0 fully saturated rings. The van der Waals surface area contributed by atoms with Crippen molar-refractivity contribution in [3.8, 4) is 0 Å². The van der Waals surface area contributed by atoms with E-state index in [9.17, 15) is 0 Å². The van der Waals surface area contributed by atoms with Crippen LogP contribution >= 0.6 is 0 Å². The number of hydrogen-bond acceptors (Lipinski definition) is 2. The van der Waals surface area contributed by atoms with Crippen LogP contribution in [0.2, 0.25) is 5.54 Å². The minimum absolute atomic E-state index is 0.0957. The van der Waals surface area contributed by atoms with Gasteiger partial charge >= 0.3 is 0 Å². The van der Waals surface area contributed by atoms with E-state index in [-0.39, 0.29) is 6.29 Å². The molecule has 0 aromatic heterocycles. The molecule has 49 valence electrons. The van der Waals surface area contributed by atoms with Crippen LogP contribution in [-0.4, -0.2) is 30.8 Å². The zero-order chi connectivity index (χ0) is 6.57. The predicted molar refractivity (Wildman–Crippen MR) is 36.9 cm³/mol. The van der Waals surface area contributed by atoms with E-state index in [0.29, 0.717) is 5.54 Å². The van der Waals surface area contributed by atoms with E-state index in [1.807, 2.05) is 0 Å². The molecular formula is C5H13O2Si. The van der Waals surface area contributed by atoms with Gasteiger partial charge in [0.25, 0.3) is 0 Å². The Labute approximate surface area is 53.6 Å².